The van der Waals surface area contributed by atoms with Crippen molar-refractivity contribution in [1.29, 1.82) is 0 Å². The van der Waals surface area contributed by atoms with Crippen LogP contribution in [0.15, 0.2) is 48.5 Å². The van der Waals surface area contributed by atoms with Gasteiger partial charge >= 0.3 is 12.4 Å². The summed E-state index contributed by atoms with van der Waals surface area (Å²) in [5.74, 6) is 0. The van der Waals surface area contributed by atoms with Crippen molar-refractivity contribution in [2.45, 2.75) is 114 Å². The maximum atomic E-state index is 14.7. The zero-order chi connectivity index (χ0) is 28.3. The van der Waals surface area contributed by atoms with E-state index in [1.165, 1.54) is 23.8 Å². The highest BCUT2D eigenvalue weighted by molar-refractivity contribution is 5.47. The summed E-state index contributed by atoms with van der Waals surface area (Å²) in [7, 11) is 0. The van der Waals surface area contributed by atoms with Gasteiger partial charge in [0.1, 0.15) is 0 Å². The molecule has 39 heavy (non-hydrogen) atoms. The number of nitrogens with zero attached hydrogens (tertiary/aromatic N) is 1. The Bertz CT molecular complexity index is 1010. The van der Waals surface area contributed by atoms with Crippen LogP contribution in [0.4, 0.5) is 26.3 Å². The zero-order valence-electron chi connectivity index (χ0n) is 23.1. The van der Waals surface area contributed by atoms with Crippen LogP contribution in [-0.2, 0) is 23.7 Å². The monoisotopic (exact) mass is 553 g/mol. The van der Waals surface area contributed by atoms with Gasteiger partial charge in [-0.3, -0.25) is 0 Å². The van der Waals surface area contributed by atoms with Crippen molar-refractivity contribution < 1.29 is 26.3 Å². The van der Waals surface area contributed by atoms with E-state index in [0.717, 1.165) is 13.0 Å². The Morgan fingerprint density at radius 3 is 1.59 bits per heavy atom. The summed E-state index contributed by atoms with van der Waals surface area (Å²) in [6, 6.07) is 14.7. The molecule has 0 atom stereocenters. The van der Waals surface area contributed by atoms with Crippen molar-refractivity contribution in [3.63, 3.8) is 0 Å². The first-order valence-corrected chi connectivity index (χ1v) is 14.5. The molecule has 2 fully saturated rings. The van der Waals surface area contributed by atoms with Crippen LogP contribution in [0, 0.1) is 0 Å². The third-order valence-corrected chi connectivity index (χ3v) is 9.34. The van der Waals surface area contributed by atoms with Gasteiger partial charge in [-0.2, -0.15) is 26.3 Å². The first kappa shape index (κ1) is 30.0. The smallest absolute Gasteiger partial charge is 0.301 e. The summed E-state index contributed by atoms with van der Waals surface area (Å²) in [6.07, 6.45) is -5.89. The average molecular weight is 554 g/mol. The fraction of sp³-hybridized carbons (Fsp3) is 0.625. The van der Waals surface area contributed by atoms with Gasteiger partial charge in [-0.15, -0.1) is 0 Å². The number of rotatable bonds is 10. The largest absolute Gasteiger partial charge is 0.398 e. The summed E-state index contributed by atoms with van der Waals surface area (Å²) in [5, 5.41) is 0. The second kappa shape index (κ2) is 11.8. The Morgan fingerprint density at radius 1 is 0.667 bits per heavy atom. The molecule has 0 spiro atoms. The molecular formula is C32H41F6N. The average Bonchev–Trinajstić information content (AvgIpc) is 3.58. The van der Waals surface area contributed by atoms with Gasteiger partial charge in [-0.25, -0.2) is 0 Å². The lowest BCUT2D eigenvalue weighted by atomic mass is 9.69. The predicted molar refractivity (Wildman–Crippen MR) is 144 cm³/mol. The molecule has 7 heteroatoms. The maximum absolute atomic E-state index is 14.7. The molecule has 0 unspecified atom stereocenters. The first-order chi connectivity index (χ1) is 18.4. The van der Waals surface area contributed by atoms with E-state index in [0.29, 0.717) is 44.2 Å². The lowest BCUT2D eigenvalue weighted by Gasteiger charge is -2.39. The van der Waals surface area contributed by atoms with Crippen LogP contribution in [0.1, 0.15) is 93.9 Å². The molecule has 0 radical (unpaired) electrons. The molecule has 0 N–H and O–H groups in total. The number of alkyl halides is 6. The van der Waals surface area contributed by atoms with Crippen molar-refractivity contribution in [3.8, 4) is 0 Å². The van der Waals surface area contributed by atoms with Crippen molar-refractivity contribution in [3.05, 3.63) is 70.8 Å². The van der Waals surface area contributed by atoms with Crippen molar-refractivity contribution in [1.82, 2.24) is 4.90 Å². The first-order valence-electron chi connectivity index (χ1n) is 14.5. The van der Waals surface area contributed by atoms with Gasteiger partial charge in [0.2, 0.25) is 0 Å². The quantitative estimate of drug-likeness (QED) is 0.265. The highest BCUT2D eigenvalue weighted by atomic mass is 19.4. The zero-order valence-corrected chi connectivity index (χ0v) is 23.1. The highest BCUT2D eigenvalue weighted by Crippen LogP contribution is 2.57. The van der Waals surface area contributed by atoms with Crippen LogP contribution in [0.3, 0.4) is 0 Å². The summed E-state index contributed by atoms with van der Waals surface area (Å²) in [6.45, 7) is 5.57. The number of benzene rings is 2. The molecule has 0 bridgehead atoms. The third kappa shape index (κ3) is 6.03. The van der Waals surface area contributed by atoms with E-state index in [4.69, 9.17) is 0 Å². The molecule has 216 valence electrons. The van der Waals surface area contributed by atoms with Crippen LogP contribution < -0.4 is 0 Å². The minimum absolute atomic E-state index is 0.0544. The molecular weight excluding hydrogens is 512 g/mol. The van der Waals surface area contributed by atoms with E-state index in [1.807, 2.05) is 18.2 Å². The Balaban J connectivity index is 1.68. The van der Waals surface area contributed by atoms with Gasteiger partial charge in [-0.05, 0) is 87.6 Å². The fourth-order valence-electron chi connectivity index (χ4n) is 7.13. The lowest BCUT2D eigenvalue weighted by Crippen LogP contribution is -2.44. The van der Waals surface area contributed by atoms with E-state index >= 15 is 0 Å². The molecule has 0 heterocycles. The van der Waals surface area contributed by atoms with E-state index in [-0.39, 0.29) is 49.3 Å². The van der Waals surface area contributed by atoms with Gasteiger partial charge in [0, 0.05) is 12.6 Å². The molecule has 0 saturated heterocycles. The summed E-state index contributed by atoms with van der Waals surface area (Å²) in [4.78, 5) is 2.28. The number of hydrogen-bond acceptors (Lipinski definition) is 1. The van der Waals surface area contributed by atoms with E-state index < -0.39 is 23.2 Å². The summed E-state index contributed by atoms with van der Waals surface area (Å²) in [5.41, 5.74) is -2.41. The van der Waals surface area contributed by atoms with Gasteiger partial charge in [0.25, 0.3) is 0 Å². The predicted octanol–water partition coefficient (Wildman–Crippen LogP) is 9.32. The molecule has 2 aromatic rings. The molecule has 2 aromatic carbocycles. The van der Waals surface area contributed by atoms with E-state index in [9.17, 15) is 26.3 Å². The lowest BCUT2D eigenvalue weighted by molar-refractivity contribution is -0.191. The molecule has 4 rings (SSSR count). The van der Waals surface area contributed by atoms with Crippen LogP contribution >= 0.6 is 0 Å². The molecule has 0 aromatic heterocycles. The fourth-order valence-corrected chi connectivity index (χ4v) is 7.13. The van der Waals surface area contributed by atoms with Crippen molar-refractivity contribution in [2.75, 3.05) is 13.1 Å². The summed E-state index contributed by atoms with van der Waals surface area (Å²) >= 11 is 0. The Labute approximate surface area is 229 Å². The molecule has 0 amide bonds. The minimum Gasteiger partial charge on any atom is -0.301 e. The van der Waals surface area contributed by atoms with Crippen LogP contribution in [0.2, 0.25) is 0 Å². The SMILES string of the molecule is CC(C)N(CCCc1c(C2(C(F)(F)F)CCCC2)cccc1C1(C(F)(F)F)CCCC1)CCc1ccccc1. The molecule has 0 aliphatic heterocycles. The van der Waals surface area contributed by atoms with Crippen molar-refractivity contribution >= 4 is 0 Å². The van der Waals surface area contributed by atoms with Crippen molar-refractivity contribution in [2.24, 2.45) is 0 Å². The topological polar surface area (TPSA) is 3.24 Å². The van der Waals surface area contributed by atoms with Gasteiger partial charge < -0.3 is 4.90 Å². The minimum atomic E-state index is -4.50. The maximum Gasteiger partial charge on any atom is 0.398 e. The number of halogens is 6. The van der Waals surface area contributed by atoms with Gasteiger partial charge in [0.05, 0.1) is 10.8 Å². The van der Waals surface area contributed by atoms with Gasteiger partial charge in [-0.1, -0.05) is 74.2 Å². The molecule has 1 nitrogen and oxygen atoms in total. The highest BCUT2D eigenvalue weighted by Gasteiger charge is 2.60. The second-order valence-electron chi connectivity index (χ2n) is 11.9. The Hall–Kier alpha value is -2.02. The molecule has 2 aliphatic carbocycles. The van der Waals surface area contributed by atoms with E-state index in [1.54, 1.807) is 0 Å². The summed E-state index contributed by atoms with van der Waals surface area (Å²) < 4.78 is 88.2. The molecule has 2 aliphatic rings. The third-order valence-electron chi connectivity index (χ3n) is 9.34. The standard InChI is InChI=1S/C32H41F6N/c1-24(2)39(23-17-25-12-4-3-5-13-25)22-11-14-26-27(29(31(33,34)35)18-6-7-19-29)15-10-16-28(26)30(32(36,37)38)20-8-9-21-30/h3-5,10,12-13,15-16,24H,6-9,11,14,17-23H2,1-2H3. The number of hydrogen-bond donors (Lipinski definition) is 0. The Kier molecular flexibility index (Phi) is 9.09. The van der Waals surface area contributed by atoms with Crippen LogP contribution in [-0.4, -0.2) is 36.4 Å². The molecule has 2 saturated carbocycles. The normalized spacial score (nSPS) is 19.3. The van der Waals surface area contributed by atoms with Crippen LogP contribution in [0.25, 0.3) is 0 Å². The van der Waals surface area contributed by atoms with E-state index in [2.05, 4.69) is 30.9 Å². The second-order valence-corrected chi connectivity index (χ2v) is 11.9. The Morgan fingerprint density at radius 2 is 1.15 bits per heavy atom. The van der Waals surface area contributed by atoms with Gasteiger partial charge in [0.15, 0.2) is 0 Å². The van der Waals surface area contributed by atoms with Crippen LogP contribution in [0.5, 0.6) is 0 Å².